The zero-order valence-corrected chi connectivity index (χ0v) is 17.6. The summed E-state index contributed by atoms with van der Waals surface area (Å²) in [5.41, 5.74) is 1.23. The van der Waals surface area contributed by atoms with Crippen LogP contribution in [0.4, 0.5) is 5.69 Å². The van der Waals surface area contributed by atoms with Crippen LogP contribution in [-0.2, 0) is 0 Å². The summed E-state index contributed by atoms with van der Waals surface area (Å²) in [7, 11) is 1.50. The highest BCUT2D eigenvalue weighted by atomic mass is 79.9. The monoisotopic (exact) mass is 467 g/mol. The molecule has 1 amide bonds. The van der Waals surface area contributed by atoms with Crippen molar-refractivity contribution < 1.29 is 14.3 Å². The van der Waals surface area contributed by atoms with Crippen molar-refractivity contribution in [1.82, 2.24) is 9.97 Å². The topological polar surface area (TPSA) is 81.2 Å². The van der Waals surface area contributed by atoms with Crippen molar-refractivity contribution in [2.75, 3.05) is 12.4 Å². The number of methoxy groups -OCH3 is 1. The molecule has 0 radical (unpaired) electrons. The maximum Gasteiger partial charge on any atom is 0.257 e. The van der Waals surface area contributed by atoms with Gasteiger partial charge in [-0.1, -0.05) is 6.07 Å². The highest BCUT2D eigenvalue weighted by molar-refractivity contribution is 9.10. The van der Waals surface area contributed by atoms with Crippen LogP contribution in [0.2, 0.25) is 0 Å². The third-order valence-corrected chi connectivity index (χ3v) is 5.69. The molecule has 6 nitrogen and oxygen atoms in total. The van der Waals surface area contributed by atoms with Gasteiger partial charge in [-0.15, -0.1) is 11.3 Å². The van der Waals surface area contributed by atoms with Gasteiger partial charge in [-0.25, -0.2) is 4.98 Å². The number of thiophene rings is 1. The van der Waals surface area contributed by atoms with Crippen molar-refractivity contribution in [3.8, 4) is 5.75 Å². The molecule has 0 aliphatic heterocycles. The van der Waals surface area contributed by atoms with Crippen molar-refractivity contribution in [1.29, 1.82) is 0 Å². The third kappa shape index (κ3) is 4.03. The zero-order chi connectivity index (χ0) is 20.4. The lowest BCUT2D eigenvalue weighted by atomic mass is 10.1. The molecular formula is C21H14BrN3O3S. The van der Waals surface area contributed by atoms with Gasteiger partial charge in [0.15, 0.2) is 0 Å². The quantitative estimate of drug-likeness (QED) is 0.420. The van der Waals surface area contributed by atoms with E-state index in [4.69, 9.17) is 4.74 Å². The Labute approximate surface area is 178 Å². The number of anilines is 1. The first kappa shape index (κ1) is 19.2. The predicted octanol–water partition coefficient (Wildman–Crippen LogP) is 4.95. The molecule has 0 saturated carbocycles. The van der Waals surface area contributed by atoms with Gasteiger partial charge in [-0.2, -0.15) is 0 Å². The number of ether oxygens (including phenoxy) is 1. The van der Waals surface area contributed by atoms with E-state index in [9.17, 15) is 9.59 Å². The van der Waals surface area contributed by atoms with Gasteiger partial charge < -0.3 is 10.1 Å². The van der Waals surface area contributed by atoms with Crippen LogP contribution in [0, 0.1) is 0 Å². The minimum absolute atomic E-state index is 0.143. The number of ketones is 1. The molecule has 0 aliphatic rings. The molecule has 1 N–H and O–H groups in total. The van der Waals surface area contributed by atoms with Gasteiger partial charge in [0.25, 0.3) is 5.91 Å². The normalized spacial score (nSPS) is 10.7. The Hall–Kier alpha value is -3.10. The average molecular weight is 468 g/mol. The lowest BCUT2D eigenvalue weighted by Crippen LogP contribution is -2.13. The van der Waals surface area contributed by atoms with E-state index in [1.165, 1.54) is 24.6 Å². The van der Waals surface area contributed by atoms with E-state index in [-0.39, 0.29) is 11.7 Å². The van der Waals surface area contributed by atoms with Crippen LogP contribution in [0.15, 0.2) is 65.5 Å². The summed E-state index contributed by atoms with van der Waals surface area (Å²) in [5.74, 6) is -0.0427. The van der Waals surface area contributed by atoms with Gasteiger partial charge in [-0.05, 0) is 52.3 Å². The fourth-order valence-electron chi connectivity index (χ4n) is 2.80. The molecule has 0 saturated heterocycles. The number of hydrogen-bond donors (Lipinski definition) is 1. The van der Waals surface area contributed by atoms with E-state index in [0.717, 1.165) is 10.2 Å². The second-order valence-electron chi connectivity index (χ2n) is 6.10. The molecule has 0 atom stereocenters. The first-order valence-corrected chi connectivity index (χ1v) is 10.2. The van der Waals surface area contributed by atoms with Gasteiger partial charge in [0.1, 0.15) is 10.6 Å². The van der Waals surface area contributed by atoms with Crippen LogP contribution < -0.4 is 10.1 Å². The summed E-state index contributed by atoms with van der Waals surface area (Å²) in [4.78, 5) is 35.2. The Bertz CT molecular complexity index is 1210. The molecule has 0 bridgehead atoms. The van der Waals surface area contributed by atoms with Gasteiger partial charge >= 0.3 is 0 Å². The van der Waals surface area contributed by atoms with Gasteiger partial charge in [0.2, 0.25) is 5.78 Å². The number of hydrogen-bond acceptors (Lipinski definition) is 6. The molecule has 8 heteroatoms. The van der Waals surface area contributed by atoms with Crippen molar-refractivity contribution >= 4 is 54.9 Å². The average Bonchev–Trinajstić information content (AvgIpc) is 3.17. The number of carbonyl (C=O) groups is 2. The van der Waals surface area contributed by atoms with Crippen molar-refractivity contribution in [2.45, 2.75) is 0 Å². The molecule has 0 spiro atoms. The number of nitrogens with one attached hydrogen (secondary N) is 1. The molecule has 3 heterocycles. The van der Waals surface area contributed by atoms with Crippen molar-refractivity contribution in [2.24, 2.45) is 0 Å². The predicted molar refractivity (Wildman–Crippen MR) is 116 cm³/mol. The summed E-state index contributed by atoms with van der Waals surface area (Å²) < 4.78 is 6.03. The van der Waals surface area contributed by atoms with E-state index in [2.05, 4.69) is 31.2 Å². The minimum atomic E-state index is -0.354. The van der Waals surface area contributed by atoms with E-state index in [1.807, 2.05) is 18.2 Å². The lowest BCUT2D eigenvalue weighted by molar-refractivity contribution is 0.102. The van der Waals surface area contributed by atoms with Gasteiger partial charge in [0.05, 0.1) is 23.2 Å². The first-order chi connectivity index (χ1) is 14.0. The summed E-state index contributed by atoms with van der Waals surface area (Å²) in [6, 6.07) is 12.2. The third-order valence-electron chi connectivity index (χ3n) is 4.19. The van der Waals surface area contributed by atoms with E-state index in [1.54, 1.807) is 36.7 Å². The maximum atomic E-state index is 13.0. The van der Waals surface area contributed by atoms with Crippen LogP contribution >= 0.6 is 27.3 Å². The number of carbonyl (C=O) groups excluding carboxylic acids is 2. The Balaban J connectivity index is 1.65. The van der Waals surface area contributed by atoms with E-state index >= 15 is 0 Å². The Morgan fingerprint density at radius 1 is 1.10 bits per heavy atom. The van der Waals surface area contributed by atoms with Crippen LogP contribution in [0.3, 0.4) is 0 Å². The fourth-order valence-corrected chi connectivity index (χ4v) is 4.13. The molecule has 3 aromatic heterocycles. The van der Waals surface area contributed by atoms with Gasteiger partial charge in [-0.3, -0.25) is 14.6 Å². The number of halogens is 1. The summed E-state index contributed by atoms with van der Waals surface area (Å²) >= 11 is 4.63. The van der Waals surface area contributed by atoms with Crippen molar-refractivity contribution in [3.05, 3.63) is 81.5 Å². The van der Waals surface area contributed by atoms with E-state index < -0.39 is 0 Å². The Morgan fingerprint density at radius 2 is 1.97 bits per heavy atom. The van der Waals surface area contributed by atoms with Crippen molar-refractivity contribution in [3.63, 3.8) is 0 Å². The summed E-state index contributed by atoms with van der Waals surface area (Å²) in [6.07, 6.45) is 4.76. The number of pyridine rings is 2. The fraction of sp³-hybridized carbons (Fsp3) is 0.0476. The number of rotatable bonds is 5. The molecule has 144 valence electrons. The number of benzene rings is 1. The highest BCUT2D eigenvalue weighted by Gasteiger charge is 2.17. The minimum Gasteiger partial charge on any atom is -0.495 e. The molecule has 4 aromatic rings. The second kappa shape index (κ2) is 8.10. The first-order valence-electron chi connectivity index (χ1n) is 8.54. The summed E-state index contributed by atoms with van der Waals surface area (Å²) in [6.45, 7) is 0. The number of amides is 1. The largest absolute Gasteiger partial charge is 0.495 e. The SMILES string of the molecule is COc1ccc(C(=O)c2cc3cccnc3s2)cc1NC(=O)c1cncc(Br)c1. The number of fused-ring (bicyclic) bond motifs is 1. The summed E-state index contributed by atoms with van der Waals surface area (Å²) in [5, 5.41) is 3.71. The smallest absolute Gasteiger partial charge is 0.257 e. The highest BCUT2D eigenvalue weighted by Crippen LogP contribution is 2.30. The Kier molecular flexibility index (Phi) is 5.37. The molecule has 1 aromatic carbocycles. The second-order valence-corrected chi connectivity index (χ2v) is 8.04. The molecular weight excluding hydrogens is 454 g/mol. The lowest BCUT2D eigenvalue weighted by Gasteiger charge is -2.11. The standard InChI is InChI=1S/C21H14BrN3O3S/c1-28-17-5-4-12(19(26)18-9-13-3-2-6-24-21(13)29-18)8-16(17)25-20(27)14-7-15(22)11-23-10-14/h2-11H,1H3,(H,25,27). The molecule has 29 heavy (non-hydrogen) atoms. The number of nitrogens with zero attached hydrogens (tertiary/aromatic N) is 2. The van der Waals surface area contributed by atoms with Crippen LogP contribution in [0.1, 0.15) is 25.6 Å². The molecule has 0 aliphatic carbocycles. The Morgan fingerprint density at radius 3 is 2.72 bits per heavy atom. The molecule has 4 rings (SSSR count). The number of aromatic nitrogens is 2. The zero-order valence-electron chi connectivity index (χ0n) is 15.2. The maximum absolute atomic E-state index is 13.0. The van der Waals surface area contributed by atoms with Crippen LogP contribution in [0.25, 0.3) is 10.2 Å². The van der Waals surface area contributed by atoms with Gasteiger partial charge in [0, 0.05) is 34.0 Å². The molecule has 0 unspecified atom stereocenters. The van der Waals surface area contributed by atoms with Crippen LogP contribution in [0.5, 0.6) is 5.75 Å². The molecule has 0 fully saturated rings. The van der Waals surface area contributed by atoms with Crippen LogP contribution in [-0.4, -0.2) is 28.8 Å². The van der Waals surface area contributed by atoms with E-state index in [0.29, 0.717) is 31.9 Å².